The molecule has 0 amide bonds. The van der Waals surface area contributed by atoms with Crippen LogP contribution in [0, 0.1) is 10.8 Å². The van der Waals surface area contributed by atoms with Crippen LogP contribution in [-0.2, 0) is 4.74 Å². The van der Waals surface area contributed by atoms with Gasteiger partial charge < -0.3 is 14.9 Å². The zero-order valence-electron chi connectivity index (χ0n) is 11.8. The van der Waals surface area contributed by atoms with Gasteiger partial charge in [-0.2, -0.15) is 0 Å². The number of aliphatic hydroxyl groups excluding tert-OH is 2. The smallest absolute Gasteiger partial charge is 0.112 e. The van der Waals surface area contributed by atoms with Crippen LogP contribution in [0.3, 0.4) is 0 Å². The van der Waals surface area contributed by atoms with Gasteiger partial charge in [0.2, 0.25) is 0 Å². The number of hydrogen-bond donors (Lipinski definition) is 2. The molecule has 0 aromatic heterocycles. The van der Waals surface area contributed by atoms with E-state index in [1.54, 1.807) is 0 Å². The Bertz CT molecular complexity index is 425. The maximum Gasteiger partial charge on any atom is 0.112 e. The molecule has 0 bridgehead atoms. The summed E-state index contributed by atoms with van der Waals surface area (Å²) < 4.78 is 6.15. The molecule has 1 spiro atoms. The molecule has 2 aliphatic carbocycles. The molecule has 1 saturated carbocycles. The summed E-state index contributed by atoms with van der Waals surface area (Å²) in [5, 5.41) is 20.3. The molecule has 3 aliphatic rings. The molecule has 0 aromatic carbocycles. The Morgan fingerprint density at radius 2 is 2.00 bits per heavy atom. The molecular formula is C15H24O3. The Morgan fingerprint density at radius 1 is 1.33 bits per heavy atom. The maximum atomic E-state index is 10.6. The van der Waals surface area contributed by atoms with E-state index in [1.165, 1.54) is 5.57 Å². The van der Waals surface area contributed by atoms with Crippen LogP contribution in [0.15, 0.2) is 11.1 Å². The van der Waals surface area contributed by atoms with Gasteiger partial charge in [0, 0.05) is 5.41 Å². The molecule has 1 heterocycles. The summed E-state index contributed by atoms with van der Waals surface area (Å²) in [4.78, 5) is 0. The van der Waals surface area contributed by atoms with Crippen molar-refractivity contribution in [2.45, 2.75) is 64.8 Å². The van der Waals surface area contributed by atoms with Gasteiger partial charge in [0.25, 0.3) is 0 Å². The molecule has 0 aromatic rings. The Labute approximate surface area is 109 Å². The SMILES string of the molecule is CC1=C(CO)[C@@]2(C)[C@@H](O)CCC(C)(C)[C@@]23O[C@H]3C1. The van der Waals surface area contributed by atoms with Crippen LogP contribution in [-0.4, -0.2) is 34.6 Å². The van der Waals surface area contributed by atoms with Crippen LogP contribution in [0.5, 0.6) is 0 Å². The fourth-order valence-corrected chi connectivity index (χ4v) is 4.92. The first-order valence-electron chi connectivity index (χ1n) is 6.97. The van der Waals surface area contributed by atoms with Gasteiger partial charge in [0.15, 0.2) is 0 Å². The molecule has 1 aliphatic heterocycles. The predicted octanol–water partition coefficient (Wildman–Crippen LogP) is 2.02. The van der Waals surface area contributed by atoms with Crippen molar-refractivity contribution in [2.75, 3.05) is 6.61 Å². The van der Waals surface area contributed by atoms with Crippen LogP contribution >= 0.6 is 0 Å². The number of rotatable bonds is 1. The lowest BCUT2D eigenvalue weighted by Gasteiger charge is -2.55. The highest BCUT2D eigenvalue weighted by atomic mass is 16.6. The second-order valence-corrected chi connectivity index (χ2v) is 7.10. The van der Waals surface area contributed by atoms with Crippen molar-refractivity contribution < 1.29 is 14.9 Å². The van der Waals surface area contributed by atoms with Crippen molar-refractivity contribution in [1.82, 2.24) is 0 Å². The van der Waals surface area contributed by atoms with Crippen LogP contribution in [0.25, 0.3) is 0 Å². The normalized spacial score (nSPS) is 49.7. The molecule has 1 saturated heterocycles. The van der Waals surface area contributed by atoms with E-state index < -0.39 is 11.5 Å². The molecule has 2 fully saturated rings. The van der Waals surface area contributed by atoms with Crippen molar-refractivity contribution in [3.05, 3.63) is 11.1 Å². The lowest BCUT2D eigenvalue weighted by molar-refractivity contribution is -0.100. The van der Waals surface area contributed by atoms with Crippen LogP contribution < -0.4 is 0 Å². The highest BCUT2D eigenvalue weighted by molar-refractivity contribution is 5.41. The zero-order valence-corrected chi connectivity index (χ0v) is 11.8. The molecule has 3 rings (SSSR count). The number of epoxide rings is 1. The van der Waals surface area contributed by atoms with E-state index in [-0.39, 0.29) is 23.7 Å². The lowest BCUT2D eigenvalue weighted by atomic mass is 9.48. The summed E-state index contributed by atoms with van der Waals surface area (Å²) in [7, 11) is 0. The summed E-state index contributed by atoms with van der Waals surface area (Å²) in [6, 6.07) is 0. The number of aliphatic hydroxyl groups is 2. The Hall–Kier alpha value is -0.380. The summed E-state index contributed by atoms with van der Waals surface area (Å²) in [5.74, 6) is 0. The van der Waals surface area contributed by atoms with Gasteiger partial charge in [-0.25, -0.2) is 0 Å². The maximum absolute atomic E-state index is 10.6. The highest BCUT2D eigenvalue weighted by Gasteiger charge is 2.78. The lowest BCUT2D eigenvalue weighted by Crippen LogP contribution is -2.61. The Kier molecular flexibility index (Phi) is 2.38. The molecule has 2 N–H and O–H groups in total. The van der Waals surface area contributed by atoms with Gasteiger partial charge in [-0.1, -0.05) is 26.3 Å². The fourth-order valence-electron chi connectivity index (χ4n) is 4.92. The standard InChI is InChI=1S/C15H24O3/c1-9-7-12-15(18-12)13(2,3)6-5-11(17)14(15,4)10(9)8-16/h11-12,16-17H,5-8H2,1-4H3/t11-,12-,14-,15+/m0/s1. The third-order valence-electron chi connectivity index (χ3n) is 6.00. The third kappa shape index (κ3) is 1.12. The number of hydrogen-bond acceptors (Lipinski definition) is 3. The van der Waals surface area contributed by atoms with Crippen molar-refractivity contribution >= 4 is 0 Å². The quantitative estimate of drug-likeness (QED) is 0.554. The molecule has 102 valence electrons. The zero-order chi connectivity index (χ0) is 13.3. The van der Waals surface area contributed by atoms with Gasteiger partial charge in [-0.15, -0.1) is 0 Å². The van der Waals surface area contributed by atoms with E-state index in [1.807, 2.05) is 0 Å². The fraction of sp³-hybridized carbons (Fsp3) is 0.867. The van der Waals surface area contributed by atoms with Crippen molar-refractivity contribution in [2.24, 2.45) is 10.8 Å². The van der Waals surface area contributed by atoms with E-state index >= 15 is 0 Å². The summed E-state index contributed by atoms with van der Waals surface area (Å²) >= 11 is 0. The van der Waals surface area contributed by atoms with Crippen LogP contribution in [0.4, 0.5) is 0 Å². The van der Waals surface area contributed by atoms with Gasteiger partial charge in [-0.3, -0.25) is 0 Å². The van der Waals surface area contributed by atoms with Gasteiger partial charge >= 0.3 is 0 Å². The minimum absolute atomic E-state index is 0.0350. The van der Waals surface area contributed by atoms with Crippen molar-refractivity contribution in [3.63, 3.8) is 0 Å². The average molecular weight is 252 g/mol. The van der Waals surface area contributed by atoms with E-state index in [9.17, 15) is 10.2 Å². The van der Waals surface area contributed by atoms with Gasteiger partial charge in [0.1, 0.15) is 5.60 Å². The monoisotopic (exact) mass is 252 g/mol. The average Bonchev–Trinajstić information content (AvgIpc) is 3.01. The predicted molar refractivity (Wildman–Crippen MR) is 69.1 cm³/mol. The van der Waals surface area contributed by atoms with Gasteiger partial charge in [-0.05, 0) is 37.2 Å². The molecule has 3 nitrogen and oxygen atoms in total. The largest absolute Gasteiger partial charge is 0.392 e. The summed E-state index contributed by atoms with van der Waals surface area (Å²) in [5.41, 5.74) is 1.59. The van der Waals surface area contributed by atoms with E-state index in [0.29, 0.717) is 0 Å². The molecule has 18 heavy (non-hydrogen) atoms. The van der Waals surface area contributed by atoms with E-state index in [2.05, 4.69) is 27.7 Å². The molecular weight excluding hydrogens is 228 g/mol. The second-order valence-electron chi connectivity index (χ2n) is 7.10. The Balaban J connectivity index is 2.19. The second kappa shape index (κ2) is 3.38. The minimum Gasteiger partial charge on any atom is -0.392 e. The minimum atomic E-state index is -0.420. The molecule has 4 atom stereocenters. The highest BCUT2D eigenvalue weighted by Crippen LogP contribution is 2.71. The van der Waals surface area contributed by atoms with E-state index in [4.69, 9.17) is 4.74 Å². The first-order valence-corrected chi connectivity index (χ1v) is 6.97. The van der Waals surface area contributed by atoms with Crippen LogP contribution in [0.1, 0.15) is 47.0 Å². The first-order chi connectivity index (χ1) is 8.31. The van der Waals surface area contributed by atoms with Crippen LogP contribution in [0.2, 0.25) is 0 Å². The third-order valence-corrected chi connectivity index (χ3v) is 6.00. The summed E-state index contributed by atoms with van der Waals surface area (Å²) in [6.45, 7) is 8.68. The van der Waals surface area contributed by atoms with Gasteiger partial charge in [0.05, 0.1) is 18.8 Å². The molecule has 0 radical (unpaired) electrons. The molecule has 3 heteroatoms. The Morgan fingerprint density at radius 3 is 2.61 bits per heavy atom. The summed E-state index contributed by atoms with van der Waals surface area (Å²) in [6.07, 6.45) is 2.49. The number of ether oxygens (including phenoxy) is 1. The molecule has 0 unspecified atom stereocenters. The topological polar surface area (TPSA) is 53.0 Å². The van der Waals surface area contributed by atoms with E-state index in [0.717, 1.165) is 24.8 Å². The van der Waals surface area contributed by atoms with Crippen molar-refractivity contribution in [1.29, 1.82) is 0 Å². The van der Waals surface area contributed by atoms with Crippen molar-refractivity contribution in [3.8, 4) is 0 Å². The first kappa shape index (κ1) is 12.6.